The maximum Gasteiger partial charge on any atom is 0.501 e. The van der Waals surface area contributed by atoms with E-state index in [2.05, 4.69) is 9.71 Å². The van der Waals surface area contributed by atoms with E-state index in [1.807, 2.05) is 0 Å². The van der Waals surface area contributed by atoms with Gasteiger partial charge in [-0.2, -0.15) is 13.2 Å². The highest BCUT2D eigenvalue weighted by Gasteiger charge is 2.47. The number of amides is 3. The van der Waals surface area contributed by atoms with Crippen molar-refractivity contribution in [3.63, 3.8) is 0 Å². The summed E-state index contributed by atoms with van der Waals surface area (Å²) in [6, 6.07) is 7.38. The van der Waals surface area contributed by atoms with Crippen LogP contribution in [0, 0.1) is 0 Å². The van der Waals surface area contributed by atoms with Crippen molar-refractivity contribution >= 4 is 54.6 Å². The Balaban J connectivity index is 1.54. The molecule has 1 unspecified atom stereocenters. The quantitative estimate of drug-likeness (QED) is 0.426. The molecule has 0 saturated carbocycles. The number of urea groups is 1. The number of aromatic nitrogens is 1. The molecule has 10 nitrogen and oxygen atoms in total. The largest absolute Gasteiger partial charge is 0.501 e. The fourth-order valence-electron chi connectivity index (χ4n) is 3.49. The number of sulfonamides is 1. The highest BCUT2D eigenvalue weighted by atomic mass is 32.2. The van der Waals surface area contributed by atoms with Crippen LogP contribution in [0.2, 0.25) is 0 Å². The summed E-state index contributed by atoms with van der Waals surface area (Å²) in [5.74, 6) is -0.682. The second-order valence-electron chi connectivity index (χ2n) is 7.79. The van der Waals surface area contributed by atoms with Crippen molar-refractivity contribution in [2.45, 2.75) is 34.1 Å². The average Bonchev–Trinajstić information content (AvgIpc) is 3.44. The molecule has 0 radical (unpaired) electrons. The van der Waals surface area contributed by atoms with Gasteiger partial charge in [0.15, 0.2) is 0 Å². The van der Waals surface area contributed by atoms with Crippen molar-refractivity contribution in [3.05, 3.63) is 65.7 Å². The Morgan fingerprint density at radius 3 is 2.32 bits per heavy atom. The van der Waals surface area contributed by atoms with E-state index in [4.69, 9.17) is 0 Å². The lowest BCUT2D eigenvalue weighted by Crippen LogP contribution is -2.33. The maximum absolute atomic E-state index is 13.0. The number of thiophene rings is 1. The molecule has 3 amide bonds. The van der Waals surface area contributed by atoms with Gasteiger partial charge in [0.25, 0.3) is 25.8 Å². The topological polar surface area (TPSA) is 134 Å². The lowest BCUT2D eigenvalue weighted by Gasteiger charge is -2.20. The van der Waals surface area contributed by atoms with E-state index >= 15 is 0 Å². The van der Waals surface area contributed by atoms with E-state index in [1.54, 1.807) is 11.4 Å². The Bertz CT molecular complexity index is 1560. The second-order valence-corrected chi connectivity index (χ2v) is 12.6. The summed E-state index contributed by atoms with van der Waals surface area (Å²) < 4.78 is 88.8. The Morgan fingerprint density at radius 2 is 1.73 bits per heavy atom. The number of anilines is 2. The molecule has 1 aliphatic rings. The van der Waals surface area contributed by atoms with E-state index < -0.39 is 48.2 Å². The highest BCUT2D eigenvalue weighted by Crippen LogP contribution is 2.33. The molecule has 37 heavy (non-hydrogen) atoms. The van der Waals surface area contributed by atoms with Gasteiger partial charge in [-0.25, -0.2) is 31.5 Å². The molecule has 2 aromatic heterocycles. The standard InChI is InChI=1S/C21H17F3N4O6S3/c1-13-19(29)28(15-4-6-16(7-5-15)36(31,32)21(22,23)24)20(30)27(13)12-14-8-9-25-17(11-14)26-37(33,34)18-3-2-10-35-18/h2-11,13H,12H2,1H3,(H,25,26). The van der Waals surface area contributed by atoms with Crippen molar-refractivity contribution in [1.82, 2.24) is 9.88 Å². The molecule has 3 heterocycles. The summed E-state index contributed by atoms with van der Waals surface area (Å²) in [6.45, 7) is 1.34. The second kappa shape index (κ2) is 9.42. The first-order chi connectivity index (χ1) is 17.2. The summed E-state index contributed by atoms with van der Waals surface area (Å²) >= 11 is 1.02. The summed E-state index contributed by atoms with van der Waals surface area (Å²) in [6.07, 6.45) is 1.33. The molecule has 16 heteroatoms. The molecule has 0 bridgehead atoms. The number of rotatable bonds is 7. The fraction of sp³-hybridized carbons (Fsp3) is 0.190. The number of pyridine rings is 1. The van der Waals surface area contributed by atoms with Crippen molar-refractivity contribution in [2.75, 3.05) is 9.62 Å². The monoisotopic (exact) mass is 574 g/mol. The molecule has 1 fully saturated rings. The minimum Gasteiger partial charge on any atom is -0.308 e. The summed E-state index contributed by atoms with van der Waals surface area (Å²) in [7, 11) is -9.45. The summed E-state index contributed by atoms with van der Waals surface area (Å²) in [4.78, 5) is 30.7. The first kappa shape index (κ1) is 26.6. The Morgan fingerprint density at radius 1 is 1.05 bits per heavy atom. The molecule has 1 N–H and O–H groups in total. The number of benzene rings is 1. The molecule has 1 aromatic carbocycles. The zero-order valence-corrected chi connectivity index (χ0v) is 21.2. The molecular weight excluding hydrogens is 557 g/mol. The number of carbonyl (C=O) groups excluding carboxylic acids is 2. The molecule has 4 rings (SSSR count). The first-order valence-electron chi connectivity index (χ1n) is 10.3. The number of nitrogens with one attached hydrogen (secondary N) is 1. The predicted octanol–water partition coefficient (Wildman–Crippen LogP) is 3.59. The van der Waals surface area contributed by atoms with Crippen LogP contribution in [0.3, 0.4) is 0 Å². The number of alkyl halides is 3. The van der Waals surface area contributed by atoms with Crippen LogP contribution in [-0.4, -0.2) is 50.2 Å². The fourth-order valence-corrected chi connectivity index (χ4v) is 6.24. The lowest BCUT2D eigenvalue weighted by molar-refractivity contribution is -0.119. The minimum atomic E-state index is -5.59. The van der Waals surface area contributed by atoms with Crippen LogP contribution < -0.4 is 9.62 Å². The van der Waals surface area contributed by atoms with Crippen molar-refractivity contribution in [1.29, 1.82) is 0 Å². The van der Waals surface area contributed by atoms with Gasteiger partial charge in [0.1, 0.15) is 16.1 Å². The SMILES string of the molecule is CC1C(=O)N(c2ccc(S(=O)(=O)C(F)(F)F)cc2)C(=O)N1Cc1ccnc(NS(=O)(=O)c2cccs2)c1. The molecule has 3 aromatic rings. The van der Waals surface area contributed by atoms with Crippen LogP contribution in [0.1, 0.15) is 12.5 Å². The predicted molar refractivity (Wildman–Crippen MR) is 127 cm³/mol. The molecule has 0 aliphatic carbocycles. The van der Waals surface area contributed by atoms with Crippen LogP contribution in [0.25, 0.3) is 0 Å². The van der Waals surface area contributed by atoms with Crippen LogP contribution >= 0.6 is 11.3 Å². The number of hydrogen-bond donors (Lipinski definition) is 1. The summed E-state index contributed by atoms with van der Waals surface area (Å²) in [5.41, 5.74) is -5.16. The number of halogens is 3. The Kier molecular flexibility index (Phi) is 6.76. The van der Waals surface area contributed by atoms with Crippen LogP contribution in [0.15, 0.2) is 69.2 Å². The average molecular weight is 575 g/mol. The number of carbonyl (C=O) groups is 2. The number of sulfone groups is 1. The molecule has 1 atom stereocenters. The van der Waals surface area contributed by atoms with Crippen molar-refractivity contribution in [3.8, 4) is 0 Å². The van der Waals surface area contributed by atoms with E-state index in [-0.39, 0.29) is 22.3 Å². The molecule has 196 valence electrons. The maximum atomic E-state index is 13.0. The number of imide groups is 1. The van der Waals surface area contributed by atoms with Crippen LogP contribution in [0.4, 0.5) is 29.5 Å². The third kappa shape index (κ3) is 5.03. The van der Waals surface area contributed by atoms with E-state index in [0.29, 0.717) is 17.7 Å². The smallest absolute Gasteiger partial charge is 0.308 e. The molecule has 1 saturated heterocycles. The Labute approximate surface area is 213 Å². The van der Waals surface area contributed by atoms with Gasteiger partial charge in [-0.3, -0.25) is 9.52 Å². The van der Waals surface area contributed by atoms with Gasteiger partial charge < -0.3 is 4.90 Å². The minimum absolute atomic E-state index is 0.00477. The molecular formula is C21H17F3N4O6S3. The normalized spacial score (nSPS) is 16.9. The van der Waals surface area contributed by atoms with Gasteiger partial charge >= 0.3 is 11.5 Å². The Hall–Kier alpha value is -3.50. The first-order valence-corrected chi connectivity index (χ1v) is 14.1. The van der Waals surface area contributed by atoms with E-state index in [0.717, 1.165) is 28.4 Å². The van der Waals surface area contributed by atoms with Gasteiger partial charge in [-0.05, 0) is 60.3 Å². The highest BCUT2D eigenvalue weighted by molar-refractivity contribution is 7.94. The van der Waals surface area contributed by atoms with Gasteiger partial charge in [-0.15, -0.1) is 11.3 Å². The number of nitrogens with zero attached hydrogens (tertiary/aromatic N) is 3. The number of hydrogen-bond acceptors (Lipinski definition) is 8. The lowest BCUT2D eigenvalue weighted by atomic mass is 10.2. The van der Waals surface area contributed by atoms with Crippen molar-refractivity contribution < 1.29 is 39.6 Å². The zero-order chi connectivity index (χ0) is 27.2. The van der Waals surface area contributed by atoms with E-state index in [9.17, 15) is 39.6 Å². The molecule has 0 spiro atoms. The van der Waals surface area contributed by atoms with Crippen LogP contribution in [0.5, 0.6) is 0 Å². The van der Waals surface area contributed by atoms with Gasteiger partial charge in [0.05, 0.1) is 10.6 Å². The third-order valence-electron chi connectivity index (χ3n) is 5.37. The van der Waals surface area contributed by atoms with E-state index in [1.165, 1.54) is 36.2 Å². The van der Waals surface area contributed by atoms with Gasteiger partial charge in [0, 0.05) is 12.7 Å². The van der Waals surface area contributed by atoms with Crippen molar-refractivity contribution in [2.24, 2.45) is 0 Å². The molecule has 1 aliphatic heterocycles. The van der Waals surface area contributed by atoms with Gasteiger partial charge in [-0.1, -0.05) is 6.07 Å². The van der Waals surface area contributed by atoms with Gasteiger partial charge in [0.2, 0.25) is 0 Å². The third-order valence-corrected chi connectivity index (χ3v) is 9.62. The zero-order valence-electron chi connectivity index (χ0n) is 18.7. The van der Waals surface area contributed by atoms with Crippen LogP contribution in [-0.2, 0) is 31.2 Å². The summed E-state index contributed by atoms with van der Waals surface area (Å²) in [5, 5.41) is 1.60.